The minimum Gasteiger partial charge on any atom is -0.497 e. The molecule has 1 N–H and O–H groups in total. The molecular weight excluding hydrogens is 200 g/mol. The maximum absolute atomic E-state index is 5.18. The molecule has 2 aliphatic rings. The minimum absolute atomic E-state index is 0.197. The summed E-state index contributed by atoms with van der Waals surface area (Å²) in [6.45, 7) is 1.92. The predicted molar refractivity (Wildman–Crippen MR) is 64.2 cm³/mol. The van der Waals surface area contributed by atoms with E-state index in [0.29, 0.717) is 0 Å². The molecule has 1 saturated carbocycles. The first-order chi connectivity index (χ1) is 7.85. The van der Waals surface area contributed by atoms with Crippen LogP contribution in [0.25, 0.3) is 0 Å². The summed E-state index contributed by atoms with van der Waals surface area (Å²) in [4.78, 5) is 4.56. The molecule has 0 bridgehead atoms. The molecule has 0 spiro atoms. The third-order valence-electron chi connectivity index (χ3n) is 3.52. The summed E-state index contributed by atoms with van der Waals surface area (Å²) in [7, 11) is 1.70. The Balaban J connectivity index is 1.90. The van der Waals surface area contributed by atoms with E-state index in [-0.39, 0.29) is 5.41 Å². The monoisotopic (exact) mass is 216 g/mol. The predicted octanol–water partition coefficient (Wildman–Crippen LogP) is 1.73. The highest BCUT2D eigenvalue weighted by molar-refractivity contribution is 5.96. The van der Waals surface area contributed by atoms with E-state index in [2.05, 4.69) is 22.4 Å². The van der Waals surface area contributed by atoms with Crippen molar-refractivity contribution >= 4 is 5.84 Å². The zero-order chi connectivity index (χ0) is 11.0. The van der Waals surface area contributed by atoms with Crippen LogP contribution < -0.4 is 10.1 Å². The number of ether oxygens (including phenoxy) is 1. The molecular formula is C13H16N2O. The number of benzene rings is 1. The molecule has 84 valence electrons. The zero-order valence-corrected chi connectivity index (χ0v) is 9.49. The molecule has 1 fully saturated rings. The van der Waals surface area contributed by atoms with Gasteiger partial charge in [-0.1, -0.05) is 12.1 Å². The van der Waals surface area contributed by atoms with Crippen molar-refractivity contribution in [2.75, 3.05) is 20.2 Å². The second-order valence-electron chi connectivity index (χ2n) is 4.47. The van der Waals surface area contributed by atoms with E-state index >= 15 is 0 Å². The third-order valence-corrected chi connectivity index (χ3v) is 3.52. The average Bonchev–Trinajstić information content (AvgIpc) is 2.97. The Morgan fingerprint density at radius 1 is 1.25 bits per heavy atom. The van der Waals surface area contributed by atoms with E-state index in [9.17, 15) is 0 Å². The number of methoxy groups -OCH3 is 1. The number of nitrogens with zero attached hydrogens (tertiary/aromatic N) is 1. The molecule has 0 saturated heterocycles. The summed E-state index contributed by atoms with van der Waals surface area (Å²) >= 11 is 0. The fourth-order valence-corrected chi connectivity index (χ4v) is 2.42. The third kappa shape index (κ3) is 1.39. The Bertz CT molecular complexity index is 418. The lowest BCUT2D eigenvalue weighted by molar-refractivity contribution is 0.414. The number of aliphatic imine (C=N–C) groups is 1. The van der Waals surface area contributed by atoms with Crippen LogP contribution in [0.15, 0.2) is 29.3 Å². The van der Waals surface area contributed by atoms with Crippen molar-refractivity contribution in [3.05, 3.63) is 29.8 Å². The molecule has 3 rings (SSSR count). The number of rotatable bonds is 3. The van der Waals surface area contributed by atoms with Crippen LogP contribution in [-0.4, -0.2) is 26.0 Å². The lowest BCUT2D eigenvalue weighted by atomic mass is 9.94. The largest absolute Gasteiger partial charge is 0.497 e. The van der Waals surface area contributed by atoms with Crippen LogP contribution in [0.4, 0.5) is 0 Å². The Morgan fingerprint density at radius 3 is 2.50 bits per heavy atom. The number of nitrogens with one attached hydrogen (secondary N) is 1. The van der Waals surface area contributed by atoms with Gasteiger partial charge in [0.15, 0.2) is 0 Å². The standard InChI is InChI=1S/C13H16N2O/c1-16-11-4-2-10(3-5-11)13(6-7-13)12-14-8-9-15-12/h2-5H,6-9H2,1H3,(H,14,15). The Labute approximate surface area is 95.5 Å². The molecule has 1 aliphatic carbocycles. The summed E-state index contributed by atoms with van der Waals surface area (Å²) in [5, 5.41) is 3.41. The van der Waals surface area contributed by atoms with E-state index in [1.54, 1.807) is 7.11 Å². The van der Waals surface area contributed by atoms with Gasteiger partial charge in [0.05, 0.1) is 19.1 Å². The Kier molecular flexibility index (Phi) is 2.13. The van der Waals surface area contributed by atoms with E-state index < -0.39 is 0 Å². The van der Waals surface area contributed by atoms with Crippen molar-refractivity contribution in [2.24, 2.45) is 4.99 Å². The summed E-state index contributed by atoms with van der Waals surface area (Å²) in [5.74, 6) is 2.11. The lowest BCUT2D eigenvalue weighted by Crippen LogP contribution is -2.31. The first-order valence-electron chi connectivity index (χ1n) is 5.78. The Morgan fingerprint density at radius 2 is 2.00 bits per heavy atom. The summed E-state index contributed by atoms with van der Waals surface area (Å²) in [5.41, 5.74) is 1.56. The quantitative estimate of drug-likeness (QED) is 0.834. The fraction of sp³-hybridized carbons (Fsp3) is 0.462. The second kappa shape index (κ2) is 3.51. The van der Waals surface area contributed by atoms with Gasteiger partial charge in [-0.25, -0.2) is 0 Å². The molecule has 0 amide bonds. The highest BCUT2D eigenvalue weighted by atomic mass is 16.5. The SMILES string of the molecule is COc1ccc(C2(C3=NCCN3)CC2)cc1. The Hall–Kier alpha value is -1.51. The molecule has 0 atom stereocenters. The van der Waals surface area contributed by atoms with Crippen LogP contribution in [0.5, 0.6) is 5.75 Å². The van der Waals surface area contributed by atoms with Gasteiger partial charge < -0.3 is 10.1 Å². The van der Waals surface area contributed by atoms with Gasteiger partial charge >= 0.3 is 0 Å². The van der Waals surface area contributed by atoms with Crippen LogP contribution in [-0.2, 0) is 5.41 Å². The van der Waals surface area contributed by atoms with Gasteiger partial charge in [-0.05, 0) is 30.5 Å². The van der Waals surface area contributed by atoms with E-state index in [0.717, 1.165) is 18.8 Å². The first kappa shape index (κ1) is 9.70. The topological polar surface area (TPSA) is 33.6 Å². The zero-order valence-electron chi connectivity index (χ0n) is 9.49. The van der Waals surface area contributed by atoms with Crippen molar-refractivity contribution in [1.82, 2.24) is 5.32 Å². The van der Waals surface area contributed by atoms with Gasteiger partial charge in [-0.3, -0.25) is 4.99 Å². The van der Waals surface area contributed by atoms with Crippen molar-refractivity contribution in [3.63, 3.8) is 0 Å². The average molecular weight is 216 g/mol. The summed E-state index contributed by atoms with van der Waals surface area (Å²) in [6.07, 6.45) is 2.43. The summed E-state index contributed by atoms with van der Waals surface area (Å²) in [6, 6.07) is 8.39. The van der Waals surface area contributed by atoms with Gasteiger partial charge in [0, 0.05) is 6.54 Å². The molecule has 3 heteroatoms. The molecule has 1 aromatic rings. The molecule has 0 unspecified atom stereocenters. The van der Waals surface area contributed by atoms with Crippen molar-refractivity contribution < 1.29 is 4.74 Å². The molecule has 16 heavy (non-hydrogen) atoms. The van der Waals surface area contributed by atoms with Gasteiger partial charge in [0.25, 0.3) is 0 Å². The fourth-order valence-electron chi connectivity index (χ4n) is 2.42. The molecule has 1 aromatic carbocycles. The van der Waals surface area contributed by atoms with Crippen molar-refractivity contribution in [1.29, 1.82) is 0 Å². The van der Waals surface area contributed by atoms with Crippen LogP contribution in [0.2, 0.25) is 0 Å². The van der Waals surface area contributed by atoms with Crippen LogP contribution >= 0.6 is 0 Å². The van der Waals surface area contributed by atoms with E-state index in [1.165, 1.54) is 24.2 Å². The van der Waals surface area contributed by atoms with E-state index in [1.807, 2.05) is 12.1 Å². The number of hydrogen-bond donors (Lipinski definition) is 1. The van der Waals surface area contributed by atoms with Crippen LogP contribution in [0, 0.1) is 0 Å². The highest BCUT2D eigenvalue weighted by Gasteiger charge is 2.49. The molecule has 1 heterocycles. The molecule has 0 radical (unpaired) electrons. The van der Waals surface area contributed by atoms with E-state index in [4.69, 9.17) is 4.74 Å². The smallest absolute Gasteiger partial charge is 0.118 e. The molecule has 1 aliphatic heterocycles. The first-order valence-corrected chi connectivity index (χ1v) is 5.78. The molecule has 3 nitrogen and oxygen atoms in total. The maximum atomic E-state index is 5.18. The maximum Gasteiger partial charge on any atom is 0.118 e. The van der Waals surface area contributed by atoms with Gasteiger partial charge in [-0.15, -0.1) is 0 Å². The van der Waals surface area contributed by atoms with Crippen molar-refractivity contribution in [2.45, 2.75) is 18.3 Å². The van der Waals surface area contributed by atoms with Crippen molar-refractivity contribution in [3.8, 4) is 5.75 Å². The van der Waals surface area contributed by atoms with Gasteiger partial charge in [0.1, 0.15) is 11.6 Å². The molecule has 0 aromatic heterocycles. The minimum atomic E-state index is 0.197. The highest BCUT2D eigenvalue weighted by Crippen LogP contribution is 2.49. The van der Waals surface area contributed by atoms with Crippen LogP contribution in [0.3, 0.4) is 0 Å². The summed E-state index contributed by atoms with van der Waals surface area (Å²) < 4.78 is 5.18. The number of hydrogen-bond acceptors (Lipinski definition) is 3. The normalized spacial score (nSPS) is 21.2. The second-order valence-corrected chi connectivity index (χ2v) is 4.47. The van der Waals surface area contributed by atoms with Gasteiger partial charge in [-0.2, -0.15) is 0 Å². The lowest BCUT2D eigenvalue weighted by Gasteiger charge is -2.16. The van der Waals surface area contributed by atoms with Crippen LogP contribution in [0.1, 0.15) is 18.4 Å². The van der Waals surface area contributed by atoms with Gasteiger partial charge in [0.2, 0.25) is 0 Å². The number of amidine groups is 1.